The fourth-order valence-corrected chi connectivity index (χ4v) is 2.20. The van der Waals surface area contributed by atoms with Crippen LogP contribution in [-0.4, -0.2) is 17.8 Å². The lowest BCUT2D eigenvalue weighted by Gasteiger charge is -2.19. The summed E-state index contributed by atoms with van der Waals surface area (Å²) in [5.41, 5.74) is 0. The SMILES string of the molecule is CC[C@H](CO)NC(C)c1ccc(C#N)s1. The lowest BCUT2D eigenvalue weighted by molar-refractivity contribution is 0.230. The summed E-state index contributed by atoms with van der Waals surface area (Å²) in [5.74, 6) is 0. The van der Waals surface area contributed by atoms with E-state index < -0.39 is 0 Å². The minimum atomic E-state index is 0.132. The van der Waals surface area contributed by atoms with Crippen LogP contribution in [0.3, 0.4) is 0 Å². The maximum Gasteiger partial charge on any atom is 0.110 e. The predicted octanol–water partition coefficient (Wildman–Crippen LogP) is 2.04. The van der Waals surface area contributed by atoms with Crippen molar-refractivity contribution in [1.82, 2.24) is 5.32 Å². The Labute approximate surface area is 94.4 Å². The molecule has 0 aromatic carbocycles. The lowest BCUT2D eigenvalue weighted by atomic mass is 10.2. The van der Waals surface area contributed by atoms with Gasteiger partial charge in [-0.3, -0.25) is 0 Å². The highest BCUT2D eigenvalue weighted by molar-refractivity contribution is 7.12. The van der Waals surface area contributed by atoms with Crippen LogP contribution in [0.25, 0.3) is 0 Å². The van der Waals surface area contributed by atoms with Crippen molar-refractivity contribution < 1.29 is 5.11 Å². The zero-order valence-corrected chi connectivity index (χ0v) is 9.84. The molecule has 1 heterocycles. The molecular weight excluding hydrogens is 208 g/mol. The van der Waals surface area contributed by atoms with Crippen LogP contribution in [0.1, 0.15) is 36.1 Å². The van der Waals surface area contributed by atoms with Gasteiger partial charge in [0.1, 0.15) is 10.9 Å². The van der Waals surface area contributed by atoms with Gasteiger partial charge in [-0.25, -0.2) is 0 Å². The highest BCUT2D eigenvalue weighted by Crippen LogP contribution is 2.22. The summed E-state index contributed by atoms with van der Waals surface area (Å²) >= 11 is 1.50. The van der Waals surface area contributed by atoms with E-state index in [1.54, 1.807) is 0 Å². The molecule has 0 aliphatic carbocycles. The summed E-state index contributed by atoms with van der Waals surface area (Å²) in [4.78, 5) is 1.87. The number of nitriles is 1. The number of thiophene rings is 1. The molecule has 1 aromatic rings. The summed E-state index contributed by atoms with van der Waals surface area (Å²) in [7, 11) is 0. The fraction of sp³-hybridized carbons (Fsp3) is 0.545. The van der Waals surface area contributed by atoms with Crippen LogP contribution in [0, 0.1) is 11.3 Å². The Hall–Kier alpha value is -0.890. The minimum absolute atomic E-state index is 0.132. The highest BCUT2D eigenvalue weighted by atomic mass is 32.1. The van der Waals surface area contributed by atoms with Crippen molar-refractivity contribution in [3.8, 4) is 6.07 Å². The second-order valence-corrected chi connectivity index (χ2v) is 4.61. The number of hydrogen-bond acceptors (Lipinski definition) is 4. The van der Waals surface area contributed by atoms with E-state index in [0.29, 0.717) is 0 Å². The van der Waals surface area contributed by atoms with Gasteiger partial charge in [0.15, 0.2) is 0 Å². The van der Waals surface area contributed by atoms with Crippen LogP contribution in [0.4, 0.5) is 0 Å². The van der Waals surface area contributed by atoms with Crippen LogP contribution in [0.15, 0.2) is 12.1 Å². The molecule has 0 bridgehead atoms. The van der Waals surface area contributed by atoms with Crippen molar-refractivity contribution in [2.24, 2.45) is 0 Å². The van der Waals surface area contributed by atoms with Gasteiger partial charge in [0.05, 0.1) is 6.61 Å². The van der Waals surface area contributed by atoms with E-state index in [2.05, 4.69) is 11.4 Å². The van der Waals surface area contributed by atoms with Crippen molar-refractivity contribution in [2.75, 3.05) is 6.61 Å². The van der Waals surface area contributed by atoms with Crippen LogP contribution in [0.5, 0.6) is 0 Å². The summed E-state index contributed by atoms with van der Waals surface area (Å²) in [6, 6.07) is 6.24. The number of aliphatic hydroxyl groups excluding tert-OH is 1. The summed E-state index contributed by atoms with van der Waals surface area (Å²) in [6.45, 7) is 4.23. The Morgan fingerprint density at radius 3 is 2.80 bits per heavy atom. The van der Waals surface area contributed by atoms with Crippen molar-refractivity contribution in [3.63, 3.8) is 0 Å². The Morgan fingerprint density at radius 2 is 2.33 bits per heavy atom. The molecule has 2 atom stereocenters. The number of hydrogen-bond donors (Lipinski definition) is 2. The predicted molar refractivity (Wildman–Crippen MR) is 61.7 cm³/mol. The summed E-state index contributed by atoms with van der Waals surface area (Å²) in [5, 5.41) is 21.1. The van der Waals surface area contributed by atoms with Gasteiger partial charge in [-0.2, -0.15) is 5.26 Å². The first-order chi connectivity index (χ1) is 7.21. The largest absolute Gasteiger partial charge is 0.395 e. The lowest BCUT2D eigenvalue weighted by Crippen LogP contribution is -2.33. The molecule has 0 aliphatic heterocycles. The summed E-state index contributed by atoms with van der Waals surface area (Å²) in [6.07, 6.45) is 0.900. The molecule has 3 nitrogen and oxygen atoms in total. The normalized spacial score (nSPS) is 14.5. The molecule has 0 saturated heterocycles. The van der Waals surface area contributed by atoms with Crippen LogP contribution in [0.2, 0.25) is 0 Å². The molecule has 1 unspecified atom stereocenters. The van der Waals surface area contributed by atoms with E-state index in [-0.39, 0.29) is 18.7 Å². The van der Waals surface area contributed by atoms with E-state index in [9.17, 15) is 0 Å². The monoisotopic (exact) mass is 224 g/mol. The summed E-state index contributed by atoms with van der Waals surface area (Å²) < 4.78 is 0. The zero-order valence-electron chi connectivity index (χ0n) is 9.03. The van der Waals surface area contributed by atoms with E-state index in [4.69, 9.17) is 10.4 Å². The van der Waals surface area contributed by atoms with Crippen molar-refractivity contribution in [3.05, 3.63) is 21.9 Å². The van der Waals surface area contributed by atoms with Gasteiger partial charge in [0, 0.05) is 17.0 Å². The molecule has 0 amide bonds. The van der Waals surface area contributed by atoms with Crippen LogP contribution in [-0.2, 0) is 0 Å². The van der Waals surface area contributed by atoms with Gasteiger partial charge >= 0.3 is 0 Å². The van der Waals surface area contributed by atoms with Crippen molar-refractivity contribution in [2.45, 2.75) is 32.4 Å². The topological polar surface area (TPSA) is 56.0 Å². The molecule has 15 heavy (non-hydrogen) atoms. The Kier molecular flexibility index (Phi) is 4.76. The third kappa shape index (κ3) is 3.31. The second kappa shape index (κ2) is 5.86. The minimum Gasteiger partial charge on any atom is -0.395 e. The Balaban J connectivity index is 2.60. The number of nitrogens with one attached hydrogen (secondary N) is 1. The molecule has 0 radical (unpaired) electrons. The first-order valence-electron chi connectivity index (χ1n) is 5.08. The smallest absolute Gasteiger partial charge is 0.110 e. The third-order valence-electron chi connectivity index (χ3n) is 2.36. The maximum absolute atomic E-state index is 9.06. The first-order valence-corrected chi connectivity index (χ1v) is 5.89. The average molecular weight is 224 g/mol. The second-order valence-electron chi connectivity index (χ2n) is 3.49. The quantitative estimate of drug-likeness (QED) is 0.804. The average Bonchev–Trinajstić information content (AvgIpc) is 2.74. The first kappa shape index (κ1) is 12.2. The van der Waals surface area contributed by atoms with E-state index >= 15 is 0 Å². The van der Waals surface area contributed by atoms with E-state index in [0.717, 1.165) is 16.2 Å². The van der Waals surface area contributed by atoms with Gasteiger partial charge in [0.2, 0.25) is 0 Å². The Morgan fingerprint density at radius 1 is 1.60 bits per heavy atom. The van der Waals surface area contributed by atoms with E-state index in [1.165, 1.54) is 11.3 Å². The van der Waals surface area contributed by atoms with Crippen molar-refractivity contribution >= 4 is 11.3 Å². The maximum atomic E-state index is 9.06. The van der Waals surface area contributed by atoms with Gasteiger partial charge in [-0.05, 0) is 25.5 Å². The molecule has 2 N–H and O–H groups in total. The Bertz CT molecular complexity index is 339. The molecule has 1 rings (SSSR count). The molecule has 0 saturated carbocycles. The molecule has 0 aliphatic rings. The van der Waals surface area contributed by atoms with Crippen LogP contribution < -0.4 is 5.32 Å². The standard InChI is InChI=1S/C11H16N2OS/c1-3-9(7-14)13-8(2)11-5-4-10(6-12)15-11/h4-5,8-9,13-14H,3,7H2,1-2H3/t8?,9-/m1/s1. The van der Waals surface area contributed by atoms with Gasteiger partial charge in [-0.15, -0.1) is 11.3 Å². The van der Waals surface area contributed by atoms with E-state index in [1.807, 2.05) is 26.0 Å². The molecule has 0 spiro atoms. The van der Waals surface area contributed by atoms with Gasteiger partial charge in [-0.1, -0.05) is 6.92 Å². The zero-order chi connectivity index (χ0) is 11.3. The molecule has 4 heteroatoms. The van der Waals surface area contributed by atoms with Gasteiger partial charge in [0.25, 0.3) is 0 Å². The molecule has 0 fully saturated rings. The number of aliphatic hydroxyl groups is 1. The third-order valence-corrected chi connectivity index (χ3v) is 3.54. The number of rotatable bonds is 5. The molecule has 82 valence electrons. The fourth-order valence-electron chi connectivity index (χ4n) is 1.38. The molecular formula is C11H16N2OS. The highest BCUT2D eigenvalue weighted by Gasteiger charge is 2.12. The molecule has 1 aromatic heterocycles. The number of nitrogens with zero attached hydrogens (tertiary/aromatic N) is 1. The van der Waals surface area contributed by atoms with Gasteiger partial charge < -0.3 is 10.4 Å². The van der Waals surface area contributed by atoms with Crippen molar-refractivity contribution in [1.29, 1.82) is 5.26 Å². The van der Waals surface area contributed by atoms with Crippen LogP contribution >= 0.6 is 11.3 Å².